The normalized spacial score (nSPS) is 11.4. The van der Waals surface area contributed by atoms with E-state index in [-0.39, 0.29) is 0 Å². The van der Waals surface area contributed by atoms with Crippen LogP contribution in [0.2, 0.25) is 0 Å². The Morgan fingerprint density at radius 3 is 2.53 bits per heavy atom. The number of aromatic nitrogens is 2. The van der Waals surface area contributed by atoms with Gasteiger partial charge in [0.05, 0.1) is 0 Å². The molecule has 0 spiro atoms. The minimum atomic E-state index is -0.994. The second-order valence-corrected chi connectivity index (χ2v) is 4.54. The predicted molar refractivity (Wildman–Crippen MR) is 66.3 cm³/mol. The molecule has 0 atom stereocenters. The Morgan fingerprint density at radius 2 is 2.06 bits per heavy atom. The average molecular weight is 237 g/mol. The van der Waals surface area contributed by atoms with Crippen LogP contribution in [-0.4, -0.2) is 33.6 Å². The smallest absolute Gasteiger partial charge is 0.328 e. The number of aliphatic carboxylic acids is 1. The van der Waals surface area contributed by atoms with Gasteiger partial charge in [0.2, 0.25) is 0 Å². The largest absolute Gasteiger partial charge is 0.480 e. The zero-order valence-electron chi connectivity index (χ0n) is 11.0. The summed E-state index contributed by atoms with van der Waals surface area (Å²) in [6, 6.07) is 1.83. The van der Waals surface area contributed by atoms with Crippen molar-refractivity contribution in [2.75, 3.05) is 11.9 Å². The van der Waals surface area contributed by atoms with E-state index in [0.717, 1.165) is 12.1 Å². The summed E-state index contributed by atoms with van der Waals surface area (Å²) >= 11 is 0. The summed E-state index contributed by atoms with van der Waals surface area (Å²) in [6.45, 7) is 7.12. The summed E-state index contributed by atoms with van der Waals surface area (Å²) < 4.78 is 0. The van der Waals surface area contributed by atoms with Gasteiger partial charge in [0.15, 0.2) is 0 Å². The van der Waals surface area contributed by atoms with E-state index >= 15 is 0 Å². The monoisotopic (exact) mass is 237 g/mol. The molecule has 0 aliphatic rings. The van der Waals surface area contributed by atoms with Crippen LogP contribution in [0.15, 0.2) is 6.07 Å². The minimum absolute atomic E-state index is 0.641. The van der Waals surface area contributed by atoms with Gasteiger partial charge in [-0.1, -0.05) is 6.92 Å². The van der Waals surface area contributed by atoms with Crippen LogP contribution in [0.25, 0.3) is 0 Å². The fourth-order valence-corrected chi connectivity index (χ4v) is 1.39. The summed E-state index contributed by atoms with van der Waals surface area (Å²) in [4.78, 5) is 21.4. The van der Waals surface area contributed by atoms with Gasteiger partial charge in [-0.05, 0) is 27.2 Å². The van der Waals surface area contributed by atoms with Crippen LogP contribution in [0.4, 0.5) is 5.82 Å². The number of hydrogen-bond donors (Lipinski definition) is 1. The molecule has 0 aromatic carbocycles. The van der Waals surface area contributed by atoms with Crippen molar-refractivity contribution in [2.24, 2.45) is 0 Å². The molecule has 0 saturated carbocycles. The van der Waals surface area contributed by atoms with Crippen molar-refractivity contribution < 1.29 is 9.90 Å². The zero-order valence-corrected chi connectivity index (χ0v) is 11.0. The number of carboxylic acids is 1. The Kier molecular flexibility index (Phi) is 3.70. The van der Waals surface area contributed by atoms with Gasteiger partial charge in [-0.15, -0.1) is 0 Å². The van der Waals surface area contributed by atoms with E-state index in [9.17, 15) is 9.90 Å². The van der Waals surface area contributed by atoms with Crippen molar-refractivity contribution in [3.05, 3.63) is 17.6 Å². The molecule has 1 aromatic heterocycles. The first-order chi connectivity index (χ1) is 7.78. The van der Waals surface area contributed by atoms with Crippen LogP contribution in [0, 0.1) is 6.92 Å². The highest BCUT2D eigenvalue weighted by molar-refractivity contribution is 5.81. The number of hydrogen-bond acceptors (Lipinski definition) is 4. The van der Waals surface area contributed by atoms with Crippen LogP contribution >= 0.6 is 0 Å². The molecule has 5 nitrogen and oxygen atoms in total. The molecule has 1 heterocycles. The quantitative estimate of drug-likeness (QED) is 0.862. The maximum absolute atomic E-state index is 11.2. The molecule has 0 aliphatic heterocycles. The van der Waals surface area contributed by atoms with Gasteiger partial charge >= 0.3 is 5.97 Å². The Bertz CT molecular complexity index is 430. The average Bonchev–Trinajstić information content (AvgIpc) is 2.26. The molecule has 94 valence electrons. The fourth-order valence-electron chi connectivity index (χ4n) is 1.39. The van der Waals surface area contributed by atoms with E-state index in [0.29, 0.717) is 11.6 Å². The van der Waals surface area contributed by atoms with Gasteiger partial charge in [-0.2, -0.15) is 0 Å². The third kappa shape index (κ3) is 2.72. The molecular formula is C12H19N3O2. The Labute approximate surface area is 102 Å². The number of carboxylic acid groups (broad SMARTS) is 1. The zero-order chi connectivity index (χ0) is 13.2. The molecule has 0 aliphatic carbocycles. The number of nitrogens with zero attached hydrogens (tertiary/aromatic N) is 3. The lowest BCUT2D eigenvalue weighted by Gasteiger charge is -2.32. The van der Waals surface area contributed by atoms with Crippen LogP contribution in [-0.2, 0) is 11.2 Å². The molecule has 0 fully saturated rings. The maximum Gasteiger partial charge on any atom is 0.328 e. The van der Waals surface area contributed by atoms with E-state index in [2.05, 4.69) is 9.97 Å². The fraction of sp³-hybridized carbons (Fsp3) is 0.583. The van der Waals surface area contributed by atoms with E-state index in [1.807, 2.05) is 19.9 Å². The molecule has 0 saturated heterocycles. The second kappa shape index (κ2) is 4.69. The molecule has 1 N–H and O–H groups in total. The van der Waals surface area contributed by atoms with Crippen molar-refractivity contribution in [3.8, 4) is 0 Å². The van der Waals surface area contributed by atoms with Crippen molar-refractivity contribution in [3.63, 3.8) is 0 Å². The third-order valence-electron chi connectivity index (χ3n) is 2.95. The van der Waals surface area contributed by atoms with Gasteiger partial charge < -0.3 is 10.0 Å². The first kappa shape index (κ1) is 13.4. The lowest BCUT2D eigenvalue weighted by Crippen LogP contribution is -2.48. The van der Waals surface area contributed by atoms with E-state index in [1.54, 1.807) is 25.8 Å². The van der Waals surface area contributed by atoms with Crippen molar-refractivity contribution in [2.45, 2.75) is 39.7 Å². The number of anilines is 1. The van der Waals surface area contributed by atoms with Gasteiger partial charge in [0, 0.05) is 18.8 Å². The van der Waals surface area contributed by atoms with Gasteiger partial charge in [-0.3, -0.25) is 0 Å². The number of likely N-dealkylation sites (N-methyl/N-ethyl adjacent to an activating group) is 1. The van der Waals surface area contributed by atoms with E-state index in [1.165, 1.54) is 0 Å². The highest BCUT2D eigenvalue weighted by Crippen LogP contribution is 2.21. The van der Waals surface area contributed by atoms with Crippen molar-refractivity contribution in [1.29, 1.82) is 0 Å². The van der Waals surface area contributed by atoms with Crippen LogP contribution < -0.4 is 4.90 Å². The van der Waals surface area contributed by atoms with Crippen LogP contribution in [0.3, 0.4) is 0 Å². The Morgan fingerprint density at radius 1 is 1.47 bits per heavy atom. The maximum atomic E-state index is 11.2. The molecule has 1 rings (SSSR count). The number of rotatable bonds is 4. The molecule has 0 amide bonds. The summed E-state index contributed by atoms with van der Waals surface area (Å²) in [5, 5.41) is 9.18. The topological polar surface area (TPSA) is 66.3 Å². The highest BCUT2D eigenvalue weighted by Gasteiger charge is 2.33. The van der Waals surface area contributed by atoms with Gasteiger partial charge in [0.1, 0.15) is 17.2 Å². The minimum Gasteiger partial charge on any atom is -0.480 e. The predicted octanol–water partition coefficient (Wildman–Crippen LogP) is 1.65. The summed E-state index contributed by atoms with van der Waals surface area (Å²) in [7, 11) is 1.73. The van der Waals surface area contributed by atoms with Crippen LogP contribution in [0.1, 0.15) is 32.3 Å². The van der Waals surface area contributed by atoms with Crippen LogP contribution in [0.5, 0.6) is 0 Å². The molecule has 1 aromatic rings. The molecular weight excluding hydrogens is 218 g/mol. The lowest BCUT2D eigenvalue weighted by atomic mass is 10.0. The molecule has 5 heteroatoms. The first-order valence-corrected chi connectivity index (χ1v) is 5.60. The Hall–Kier alpha value is -1.65. The SMILES string of the molecule is CCc1cc(N(C)C(C)(C)C(=O)O)nc(C)n1. The summed E-state index contributed by atoms with van der Waals surface area (Å²) in [5.74, 6) is 0.420. The highest BCUT2D eigenvalue weighted by atomic mass is 16.4. The standard InChI is InChI=1S/C12H19N3O2/c1-6-9-7-10(14-8(2)13-9)15(5)12(3,4)11(16)17/h7H,6H2,1-5H3,(H,16,17). The molecule has 0 radical (unpaired) electrons. The van der Waals surface area contributed by atoms with E-state index < -0.39 is 11.5 Å². The molecule has 0 unspecified atom stereocenters. The number of carbonyl (C=O) groups is 1. The second-order valence-electron chi connectivity index (χ2n) is 4.54. The van der Waals surface area contributed by atoms with Crippen molar-refractivity contribution in [1.82, 2.24) is 9.97 Å². The first-order valence-electron chi connectivity index (χ1n) is 5.60. The summed E-state index contributed by atoms with van der Waals surface area (Å²) in [5.41, 5.74) is -0.0771. The molecule has 17 heavy (non-hydrogen) atoms. The summed E-state index contributed by atoms with van der Waals surface area (Å²) in [6.07, 6.45) is 0.803. The van der Waals surface area contributed by atoms with E-state index in [4.69, 9.17) is 0 Å². The number of aryl methyl sites for hydroxylation is 2. The Balaban J connectivity index is 3.16. The van der Waals surface area contributed by atoms with Gasteiger partial charge in [0.25, 0.3) is 0 Å². The third-order valence-corrected chi connectivity index (χ3v) is 2.95. The van der Waals surface area contributed by atoms with Crippen molar-refractivity contribution >= 4 is 11.8 Å². The lowest BCUT2D eigenvalue weighted by molar-refractivity contribution is -0.142. The van der Waals surface area contributed by atoms with Gasteiger partial charge in [-0.25, -0.2) is 14.8 Å². The molecule has 0 bridgehead atoms.